The summed E-state index contributed by atoms with van der Waals surface area (Å²) in [6.07, 6.45) is 0. The molecule has 0 bridgehead atoms. The van der Waals surface area contributed by atoms with Crippen LogP contribution in [0.3, 0.4) is 0 Å². The minimum atomic E-state index is -0.271. The van der Waals surface area contributed by atoms with E-state index in [1.54, 1.807) is 0 Å². The minimum absolute atomic E-state index is 0.0831. The zero-order valence-corrected chi connectivity index (χ0v) is 10.9. The molecule has 0 aromatic heterocycles. The summed E-state index contributed by atoms with van der Waals surface area (Å²) < 4.78 is 0. The van der Waals surface area contributed by atoms with Gasteiger partial charge in [-0.15, -0.1) is 0 Å². The highest BCUT2D eigenvalue weighted by atomic mass is 16.1. The Morgan fingerprint density at radius 2 is 1.42 bits per heavy atom. The molecule has 0 heterocycles. The normalized spacial score (nSPS) is 13.6. The van der Waals surface area contributed by atoms with Gasteiger partial charge in [0, 0.05) is 6.92 Å². The van der Waals surface area contributed by atoms with Gasteiger partial charge in [-0.25, -0.2) is 0 Å². The van der Waals surface area contributed by atoms with Crippen LogP contribution < -0.4 is 11.1 Å². The summed E-state index contributed by atoms with van der Waals surface area (Å²) in [5, 5.41) is 2.93. The van der Waals surface area contributed by atoms with Gasteiger partial charge in [-0.3, -0.25) is 4.79 Å². The number of benzene rings is 2. The van der Waals surface area contributed by atoms with Gasteiger partial charge in [0.05, 0.1) is 12.1 Å². The zero-order chi connectivity index (χ0) is 13.7. The number of hydrogen-bond donors (Lipinski definition) is 2. The molecule has 0 spiro atoms. The van der Waals surface area contributed by atoms with Crippen molar-refractivity contribution in [2.45, 2.75) is 19.0 Å². The van der Waals surface area contributed by atoms with Gasteiger partial charge in [0.1, 0.15) is 0 Å². The fourth-order valence-electron chi connectivity index (χ4n) is 2.13. The van der Waals surface area contributed by atoms with Crippen LogP contribution in [0.1, 0.15) is 30.1 Å². The first-order valence-corrected chi connectivity index (χ1v) is 6.31. The van der Waals surface area contributed by atoms with Gasteiger partial charge in [0.2, 0.25) is 5.91 Å². The Morgan fingerprint density at radius 3 is 1.89 bits per heavy atom. The first-order chi connectivity index (χ1) is 9.18. The van der Waals surface area contributed by atoms with Crippen molar-refractivity contribution in [1.82, 2.24) is 5.32 Å². The summed E-state index contributed by atoms with van der Waals surface area (Å²) in [6, 6.07) is 19.1. The maximum atomic E-state index is 11.4. The smallest absolute Gasteiger partial charge is 0.217 e. The number of carbonyl (C=O) groups is 1. The third-order valence-corrected chi connectivity index (χ3v) is 3.06. The average Bonchev–Trinajstić information content (AvgIpc) is 2.46. The van der Waals surface area contributed by atoms with Crippen molar-refractivity contribution in [1.29, 1.82) is 0 Å². The van der Waals surface area contributed by atoms with Crippen molar-refractivity contribution in [2.24, 2.45) is 5.73 Å². The highest BCUT2D eigenvalue weighted by molar-refractivity contribution is 5.73. The maximum absolute atomic E-state index is 11.4. The molecular weight excluding hydrogens is 236 g/mol. The molecular formula is C16H18N2O. The quantitative estimate of drug-likeness (QED) is 0.881. The molecule has 2 aromatic rings. The Morgan fingerprint density at radius 1 is 0.947 bits per heavy atom. The van der Waals surface area contributed by atoms with Gasteiger partial charge in [0.15, 0.2) is 0 Å². The maximum Gasteiger partial charge on any atom is 0.217 e. The summed E-state index contributed by atoms with van der Waals surface area (Å²) in [4.78, 5) is 11.4. The Labute approximate surface area is 113 Å². The predicted molar refractivity (Wildman–Crippen MR) is 76.4 cm³/mol. The molecule has 0 saturated carbocycles. The van der Waals surface area contributed by atoms with E-state index >= 15 is 0 Å². The fraction of sp³-hybridized carbons (Fsp3) is 0.188. The van der Waals surface area contributed by atoms with Crippen LogP contribution in [-0.4, -0.2) is 5.91 Å². The predicted octanol–water partition coefficient (Wildman–Crippen LogP) is 2.56. The van der Waals surface area contributed by atoms with E-state index in [-0.39, 0.29) is 18.0 Å². The number of nitrogens with one attached hydrogen (secondary N) is 1. The molecule has 0 aliphatic carbocycles. The van der Waals surface area contributed by atoms with Crippen molar-refractivity contribution in [3.05, 3.63) is 71.8 Å². The van der Waals surface area contributed by atoms with Crippen LogP contribution in [0, 0.1) is 0 Å². The van der Waals surface area contributed by atoms with Gasteiger partial charge in [-0.2, -0.15) is 0 Å². The van der Waals surface area contributed by atoms with Crippen molar-refractivity contribution in [3.63, 3.8) is 0 Å². The lowest BCUT2D eigenvalue weighted by Gasteiger charge is -2.25. The third-order valence-electron chi connectivity index (χ3n) is 3.06. The molecule has 0 fully saturated rings. The number of nitrogens with two attached hydrogens (primary N) is 1. The van der Waals surface area contributed by atoms with Crippen LogP contribution in [-0.2, 0) is 4.79 Å². The Kier molecular flexibility index (Phi) is 4.31. The van der Waals surface area contributed by atoms with E-state index in [0.717, 1.165) is 11.1 Å². The number of carbonyl (C=O) groups excluding carboxylic acids is 1. The third kappa shape index (κ3) is 3.42. The Bertz CT molecular complexity index is 525. The van der Waals surface area contributed by atoms with E-state index in [4.69, 9.17) is 5.73 Å². The molecule has 0 unspecified atom stereocenters. The topological polar surface area (TPSA) is 55.1 Å². The molecule has 0 aliphatic rings. The lowest BCUT2D eigenvalue weighted by Crippen LogP contribution is -2.34. The van der Waals surface area contributed by atoms with Crippen LogP contribution >= 0.6 is 0 Å². The highest BCUT2D eigenvalue weighted by Gasteiger charge is 2.21. The average molecular weight is 254 g/mol. The van der Waals surface area contributed by atoms with Crippen LogP contribution in [0.5, 0.6) is 0 Å². The standard InChI is InChI=1S/C16H18N2O/c1-12(19)18-16(14-10-6-3-7-11-14)15(17)13-8-4-2-5-9-13/h2-11,15-16H,17H2,1H3,(H,18,19)/t15-,16-/m0/s1. The molecule has 3 N–H and O–H groups in total. The van der Waals surface area contributed by atoms with Crippen molar-refractivity contribution in [3.8, 4) is 0 Å². The molecule has 3 nitrogen and oxygen atoms in total. The number of rotatable bonds is 4. The van der Waals surface area contributed by atoms with E-state index in [2.05, 4.69) is 5.32 Å². The Balaban J connectivity index is 2.30. The van der Waals surface area contributed by atoms with Crippen LogP contribution in [0.2, 0.25) is 0 Å². The summed E-state index contributed by atoms with van der Waals surface area (Å²) in [6.45, 7) is 1.51. The van der Waals surface area contributed by atoms with Crippen LogP contribution in [0.4, 0.5) is 0 Å². The molecule has 98 valence electrons. The SMILES string of the molecule is CC(=O)N[C@@H](c1ccccc1)[C@@H](N)c1ccccc1. The summed E-state index contributed by atoms with van der Waals surface area (Å²) in [7, 11) is 0. The first-order valence-electron chi connectivity index (χ1n) is 6.31. The van der Waals surface area contributed by atoms with Crippen LogP contribution in [0.25, 0.3) is 0 Å². The zero-order valence-electron chi connectivity index (χ0n) is 10.9. The largest absolute Gasteiger partial charge is 0.348 e. The summed E-state index contributed by atoms with van der Waals surface area (Å²) >= 11 is 0. The lowest BCUT2D eigenvalue weighted by molar-refractivity contribution is -0.119. The van der Waals surface area contributed by atoms with Crippen molar-refractivity contribution in [2.75, 3.05) is 0 Å². The number of hydrogen-bond acceptors (Lipinski definition) is 2. The molecule has 3 heteroatoms. The second-order valence-corrected chi connectivity index (χ2v) is 4.53. The van der Waals surface area contributed by atoms with Crippen molar-refractivity contribution >= 4 is 5.91 Å². The van der Waals surface area contributed by atoms with E-state index in [1.165, 1.54) is 6.92 Å². The molecule has 0 saturated heterocycles. The van der Waals surface area contributed by atoms with Crippen molar-refractivity contribution < 1.29 is 4.79 Å². The minimum Gasteiger partial charge on any atom is -0.348 e. The lowest BCUT2D eigenvalue weighted by atomic mass is 9.94. The summed E-state index contributed by atoms with van der Waals surface area (Å²) in [5.41, 5.74) is 8.32. The van der Waals surface area contributed by atoms with Gasteiger partial charge in [-0.05, 0) is 11.1 Å². The van der Waals surface area contributed by atoms with Gasteiger partial charge < -0.3 is 11.1 Å². The van der Waals surface area contributed by atoms with E-state index in [9.17, 15) is 4.79 Å². The fourth-order valence-corrected chi connectivity index (χ4v) is 2.13. The van der Waals surface area contributed by atoms with Gasteiger partial charge >= 0.3 is 0 Å². The monoisotopic (exact) mass is 254 g/mol. The highest BCUT2D eigenvalue weighted by Crippen LogP contribution is 2.26. The molecule has 2 aromatic carbocycles. The first kappa shape index (κ1) is 13.3. The molecule has 19 heavy (non-hydrogen) atoms. The van der Waals surface area contributed by atoms with E-state index in [0.29, 0.717) is 0 Å². The van der Waals surface area contributed by atoms with E-state index < -0.39 is 0 Å². The van der Waals surface area contributed by atoms with Gasteiger partial charge in [0.25, 0.3) is 0 Å². The molecule has 2 atom stereocenters. The molecule has 1 amide bonds. The molecule has 2 rings (SSSR count). The molecule has 0 aliphatic heterocycles. The summed E-state index contributed by atoms with van der Waals surface area (Å²) in [5.74, 6) is -0.0831. The second kappa shape index (κ2) is 6.16. The van der Waals surface area contributed by atoms with E-state index in [1.807, 2.05) is 60.7 Å². The second-order valence-electron chi connectivity index (χ2n) is 4.53. The van der Waals surface area contributed by atoms with Gasteiger partial charge in [-0.1, -0.05) is 60.7 Å². The molecule has 0 radical (unpaired) electrons. The Hall–Kier alpha value is -2.13. The number of amides is 1. The van der Waals surface area contributed by atoms with Crippen LogP contribution in [0.15, 0.2) is 60.7 Å².